The molecule has 0 aliphatic carbocycles. The van der Waals surface area contributed by atoms with Gasteiger partial charge in [-0.25, -0.2) is 0 Å². The van der Waals surface area contributed by atoms with Gasteiger partial charge in [-0.1, -0.05) is 20.8 Å². The number of hydrogen-bond donors (Lipinski definition) is 2. The minimum absolute atomic E-state index is 0.00975. The molecule has 2 N–H and O–H groups in total. The molecule has 1 unspecified atom stereocenters. The fourth-order valence-electron chi connectivity index (χ4n) is 1.33. The van der Waals surface area contributed by atoms with Crippen molar-refractivity contribution in [1.82, 2.24) is 5.32 Å². The van der Waals surface area contributed by atoms with Gasteiger partial charge in [-0.15, -0.1) is 0 Å². The maximum atomic E-state index is 12.0. The van der Waals surface area contributed by atoms with E-state index in [1.807, 2.05) is 6.92 Å². The molecule has 0 bridgehead atoms. The highest BCUT2D eigenvalue weighted by atomic mass is 16.5. The predicted octanol–water partition coefficient (Wildman–Crippen LogP) is 2.57. The Morgan fingerprint density at radius 3 is 2.44 bits per heavy atom. The van der Waals surface area contributed by atoms with Gasteiger partial charge in [-0.05, 0) is 30.5 Å². The van der Waals surface area contributed by atoms with Crippen LogP contribution in [0.15, 0.2) is 18.2 Å². The zero-order chi connectivity index (χ0) is 13.9. The first kappa shape index (κ1) is 14.4. The summed E-state index contributed by atoms with van der Waals surface area (Å²) in [6.07, 6.45) is 0. The lowest BCUT2D eigenvalue weighted by Crippen LogP contribution is -2.41. The Hall–Kier alpha value is -1.71. The van der Waals surface area contributed by atoms with Crippen LogP contribution in [0, 0.1) is 5.41 Å². The van der Waals surface area contributed by atoms with Crippen LogP contribution >= 0.6 is 0 Å². The number of ether oxygens (including phenoxy) is 1. The van der Waals surface area contributed by atoms with Gasteiger partial charge in [0, 0.05) is 11.6 Å². The topological polar surface area (TPSA) is 58.6 Å². The number of rotatable bonds is 3. The van der Waals surface area contributed by atoms with Crippen LogP contribution in [0.25, 0.3) is 0 Å². The molecular weight excluding hydrogens is 230 g/mol. The molecule has 0 aliphatic heterocycles. The molecule has 1 atom stereocenters. The van der Waals surface area contributed by atoms with Gasteiger partial charge >= 0.3 is 0 Å². The lowest BCUT2D eigenvalue weighted by Gasteiger charge is -2.28. The summed E-state index contributed by atoms with van der Waals surface area (Å²) in [6, 6.07) is 4.65. The van der Waals surface area contributed by atoms with Crippen LogP contribution in [0.2, 0.25) is 0 Å². The van der Waals surface area contributed by atoms with E-state index in [1.54, 1.807) is 12.1 Å². The molecule has 0 radical (unpaired) electrons. The Morgan fingerprint density at radius 1 is 1.39 bits per heavy atom. The van der Waals surface area contributed by atoms with Crippen LogP contribution in [-0.2, 0) is 0 Å². The average Bonchev–Trinajstić information content (AvgIpc) is 2.27. The van der Waals surface area contributed by atoms with Crippen molar-refractivity contribution in [2.24, 2.45) is 5.41 Å². The molecule has 0 aliphatic rings. The van der Waals surface area contributed by atoms with Crippen LogP contribution in [0.3, 0.4) is 0 Å². The number of phenolic OH excluding ortho intramolecular Hbond substituents is 1. The molecule has 0 spiro atoms. The SMILES string of the molecule is COc1ccc(C(=O)NC(C)C(C)(C)C)cc1O. The van der Waals surface area contributed by atoms with Crippen LogP contribution in [0.4, 0.5) is 0 Å². The van der Waals surface area contributed by atoms with Crippen molar-refractivity contribution in [3.63, 3.8) is 0 Å². The first-order valence-electron chi connectivity index (χ1n) is 5.93. The number of hydrogen-bond acceptors (Lipinski definition) is 3. The predicted molar refractivity (Wildman–Crippen MR) is 71.0 cm³/mol. The fourth-order valence-corrected chi connectivity index (χ4v) is 1.33. The van der Waals surface area contributed by atoms with Gasteiger partial charge < -0.3 is 15.2 Å². The van der Waals surface area contributed by atoms with Gasteiger partial charge in [-0.3, -0.25) is 4.79 Å². The van der Waals surface area contributed by atoms with E-state index >= 15 is 0 Å². The minimum Gasteiger partial charge on any atom is -0.504 e. The monoisotopic (exact) mass is 251 g/mol. The van der Waals surface area contributed by atoms with Crippen molar-refractivity contribution < 1.29 is 14.6 Å². The standard InChI is InChI=1S/C14H21NO3/c1-9(14(2,3)4)15-13(17)10-6-7-12(18-5)11(16)8-10/h6-9,16H,1-5H3,(H,15,17). The van der Waals surface area contributed by atoms with Gasteiger partial charge in [0.2, 0.25) is 0 Å². The Bertz CT molecular complexity index is 435. The average molecular weight is 251 g/mol. The second-order valence-corrected chi connectivity index (χ2v) is 5.45. The zero-order valence-electron chi connectivity index (χ0n) is 11.6. The summed E-state index contributed by atoms with van der Waals surface area (Å²) in [4.78, 5) is 12.0. The summed E-state index contributed by atoms with van der Waals surface area (Å²) >= 11 is 0. The molecule has 0 heterocycles. The molecule has 0 saturated carbocycles. The largest absolute Gasteiger partial charge is 0.504 e. The number of carbonyl (C=O) groups is 1. The van der Waals surface area contributed by atoms with Gasteiger partial charge in [0.05, 0.1) is 7.11 Å². The number of methoxy groups -OCH3 is 1. The van der Waals surface area contributed by atoms with Gasteiger partial charge in [0.15, 0.2) is 11.5 Å². The summed E-state index contributed by atoms with van der Waals surface area (Å²) in [7, 11) is 1.47. The van der Waals surface area contributed by atoms with E-state index in [2.05, 4.69) is 26.1 Å². The van der Waals surface area contributed by atoms with Gasteiger partial charge in [-0.2, -0.15) is 0 Å². The molecule has 4 nitrogen and oxygen atoms in total. The highest BCUT2D eigenvalue weighted by Crippen LogP contribution is 2.26. The number of carbonyl (C=O) groups excluding carboxylic acids is 1. The molecule has 4 heteroatoms. The molecule has 1 rings (SSSR count). The van der Waals surface area contributed by atoms with Crippen molar-refractivity contribution in [3.8, 4) is 11.5 Å². The summed E-state index contributed by atoms with van der Waals surface area (Å²) in [6.45, 7) is 8.14. The number of phenols is 1. The smallest absolute Gasteiger partial charge is 0.251 e. The fraction of sp³-hybridized carbons (Fsp3) is 0.500. The summed E-state index contributed by atoms with van der Waals surface area (Å²) in [5.41, 5.74) is 0.411. The quantitative estimate of drug-likeness (QED) is 0.868. The summed E-state index contributed by atoms with van der Waals surface area (Å²) in [5, 5.41) is 12.5. The van der Waals surface area contributed by atoms with E-state index in [0.717, 1.165) is 0 Å². The third kappa shape index (κ3) is 3.39. The van der Waals surface area contributed by atoms with Crippen LogP contribution in [0.1, 0.15) is 38.1 Å². The number of aromatic hydroxyl groups is 1. The van der Waals surface area contributed by atoms with Crippen molar-refractivity contribution in [3.05, 3.63) is 23.8 Å². The summed E-state index contributed by atoms with van der Waals surface area (Å²) < 4.78 is 4.93. The van der Waals surface area contributed by atoms with Gasteiger partial charge in [0.25, 0.3) is 5.91 Å². The molecule has 1 aromatic carbocycles. The van der Waals surface area contributed by atoms with E-state index in [0.29, 0.717) is 11.3 Å². The Labute approximate surface area is 108 Å². The lowest BCUT2D eigenvalue weighted by atomic mass is 9.88. The molecule has 0 aromatic heterocycles. The number of benzene rings is 1. The Morgan fingerprint density at radius 2 is 2.00 bits per heavy atom. The third-order valence-corrected chi connectivity index (χ3v) is 3.09. The minimum atomic E-state index is -0.199. The van der Waals surface area contributed by atoms with Crippen molar-refractivity contribution in [1.29, 1.82) is 0 Å². The van der Waals surface area contributed by atoms with Gasteiger partial charge in [0.1, 0.15) is 0 Å². The van der Waals surface area contributed by atoms with Crippen LogP contribution in [0.5, 0.6) is 11.5 Å². The van der Waals surface area contributed by atoms with E-state index in [4.69, 9.17) is 4.74 Å². The molecule has 1 aromatic rings. The maximum Gasteiger partial charge on any atom is 0.251 e. The Kier molecular flexibility index (Phi) is 4.22. The molecule has 1 amide bonds. The molecular formula is C14H21NO3. The molecule has 100 valence electrons. The molecule has 18 heavy (non-hydrogen) atoms. The van der Waals surface area contributed by atoms with E-state index in [9.17, 15) is 9.90 Å². The van der Waals surface area contributed by atoms with E-state index in [-0.39, 0.29) is 23.1 Å². The van der Waals surface area contributed by atoms with Crippen molar-refractivity contribution >= 4 is 5.91 Å². The number of amides is 1. The van der Waals surface area contributed by atoms with E-state index in [1.165, 1.54) is 13.2 Å². The molecule has 0 saturated heterocycles. The first-order chi connectivity index (χ1) is 8.25. The van der Waals surface area contributed by atoms with Crippen molar-refractivity contribution in [2.45, 2.75) is 33.7 Å². The highest BCUT2D eigenvalue weighted by molar-refractivity contribution is 5.95. The lowest BCUT2D eigenvalue weighted by molar-refractivity contribution is 0.0909. The van der Waals surface area contributed by atoms with Crippen LogP contribution < -0.4 is 10.1 Å². The number of nitrogens with one attached hydrogen (secondary N) is 1. The molecule has 0 fully saturated rings. The van der Waals surface area contributed by atoms with Crippen molar-refractivity contribution in [2.75, 3.05) is 7.11 Å². The Balaban J connectivity index is 2.82. The first-order valence-corrected chi connectivity index (χ1v) is 5.93. The van der Waals surface area contributed by atoms with E-state index < -0.39 is 0 Å². The second-order valence-electron chi connectivity index (χ2n) is 5.45. The zero-order valence-corrected chi connectivity index (χ0v) is 11.6. The van der Waals surface area contributed by atoms with Crippen LogP contribution in [-0.4, -0.2) is 24.2 Å². The summed E-state index contributed by atoms with van der Waals surface area (Å²) in [5.74, 6) is 0.124. The highest BCUT2D eigenvalue weighted by Gasteiger charge is 2.22. The second kappa shape index (κ2) is 5.29. The maximum absolute atomic E-state index is 12.0. The normalized spacial score (nSPS) is 12.9. The third-order valence-electron chi connectivity index (χ3n) is 3.09.